The number of nitrogens with zero attached hydrogens (tertiary/aromatic N) is 1. The van der Waals surface area contributed by atoms with Crippen molar-refractivity contribution in [2.24, 2.45) is 0 Å². The van der Waals surface area contributed by atoms with E-state index in [0.717, 1.165) is 17.1 Å². The summed E-state index contributed by atoms with van der Waals surface area (Å²) in [4.78, 5) is 12.2. The van der Waals surface area contributed by atoms with E-state index in [-0.39, 0.29) is 29.9 Å². The summed E-state index contributed by atoms with van der Waals surface area (Å²) in [6, 6.07) is 11.4. The van der Waals surface area contributed by atoms with Crippen LogP contribution in [0.5, 0.6) is 0 Å². The number of rotatable bonds is 7. The quantitative estimate of drug-likeness (QED) is 0.782. The molecule has 2 aromatic carbocycles. The lowest BCUT2D eigenvalue weighted by atomic mass is 10.2. The fourth-order valence-corrected chi connectivity index (χ4v) is 3.95. The molecule has 0 unspecified atom stereocenters. The summed E-state index contributed by atoms with van der Waals surface area (Å²) in [6.45, 7) is -0.345. The van der Waals surface area contributed by atoms with Crippen LogP contribution in [0.4, 0.5) is 4.39 Å². The van der Waals surface area contributed by atoms with Gasteiger partial charge in [0.05, 0.1) is 11.4 Å². The number of carbonyl (C=O) groups excluding carboxylic acids is 1. The number of hydrogen-bond acceptors (Lipinski definition) is 3. The first-order chi connectivity index (χ1) is 12.3. The van der Waals surface area contributed by atoms with E-state index in [1.165, 1.54) is 48.5 Å². The Hall–Kier alpha value is -1.96. The molecule has 0 atom stereocenters. The molecule has 5 nitrogen and oxygen atoms in total. The number of sulfonamides is 1. The highest BCUT2D eigenvalue weighted by Crippen LogP contribution is 2.22. The van der Waals surface area contributed by atoms with Gasteiger partial charge in [-0.05, 0) is 54.8 Å². The lowest BCUT2D eigenvalue weighted by Crippen LogP contribution is -2.41. The van der Waals surface area contributed by atoms with Gasteiger partial charge in [0.1, 0.15) is 5.82 Å². The lowest BCUT2D eigenvalue weighted by Gasteiger charge is -2.22. The van der Waals surface area contributed by atoms with E-state index in [1.807, 2.05) is 0 Å². The summed E-state index contributed by atoms with van der Waals surface area (Å²) in [5.41, 5.74) is 0.586. The lowest BCUT2D eigenvalue weighted by molar-refractivity contribution is -0.121. The van der Waals surface area contributed by atoms with Gasteiger partial charge in [-0.1, -0.05) is 23.7 Å². The Morgan fingerprint density at radius 3 is 2.31 bits per heavy atom. The number of benzene rings is 2. The van der Waals surface area contributed by atoms with Crippen LogP contribution in [0.25, 0.3) is 0 Å². The van der Waals surface area contributed by atoms with Crippen LogP contribution in [0.2, 0.25) is 5.02 Å². The van der Waals surface area contributed by atoms with Gasteiger partial charge in [-0.2, -0.15) is 4.31 Å². The van der Waals surface area contributed by atoms with E-state index in [9.17, 15) is 17.6 Å². The molecule has 0 aromatic heterocycles. The summed E-state index contributed by atoms with van der Waals surface area (Å²) in [7, 11) is -3.92. The Morgan fingerprint density at radius 1 is 1.12 bits per heavy atom. The van der Waals surface area contributed by atoms with Crippen LogP contribution in [0.15, 0.2) is 53.4 Å². The average Bonchev–Trinajstić information content (AvgIpc) is 3.40. The molecule has 3 rings (SSSR count). The summed E-state index contributed by atoms with van der Waals surface area (Å²) < 4.78 is 40.2. The molecule has 0 aliphatic heterocycles. The number of carbonyl (C=O) groups is 1. The minimum atomic E-state index is -3.92. The zero-order valence-corrected chi connectivity index (χ0v) is 15.4. The molecule has 1 aliphatic carbocycles. The van der Waals surface area contributed by atoms with Gasteiger partial charge in [-0.3, -0.25) is 4.79 Å². The zero-order valence-electron chi connectivity index (χ0n) is 13.9. The maximum absolute atomic E-state index is 13.1. The van der Waals surface area contributed by atoms with Gasteiger partial charge in [-0.15, -0.1) is 0 Å². The fraction of sp³-hybridized carbons (Fsp3) is 0.278. The highest BCUT2D eigenvalue weighted by molar-refractivity contribution is 7.89. The van der Waals surface area contributed by atoms with Crippen LogP contribution in [0, 0.1) is 5.82 Å². The number of halogens is 2. The summed E-state index contributed by atoms with van der Waals surface area (Å²) >= 11 is 5.83. The zero-order chi connectivity index (χ0) is 18.7. The van der Waals surface area contributed by atoms with Gasteiger partial charge in [0.25, 0.3) is 0 Å². The molecule has 1 amide bonds. The van der Waals surface area contributed by atoms with Crippen molar-refractivity contribution in [2.75, 3.05) is 6.54 Å². The molecule has 8 heteroatoms. The maximum atomic E-state index is 13.1. The van der Waals surface area contributed by atoms with Crippen molar-refractivity contribution >= 4 is 27.5 Å². The Morgan fingerprint density at radius 2 is 1.73 bits per heavy atom. The smallest absolute Gasteiger partial charge is 0.243 e. The van der Waals surface area contributed by atoms with Crippen LogP contribution < -0.4 is 5.32 Å². The largest absolute Gasteiger partial charge is 0.352 e. The van der Waals surface area contributed by atoms with Gasteiger partial charge in [0.15, 0.2) is 0 Å². The van der Waals surface area contributed by atoms with Crippen molar-refractivity contribution in [1.29, 1.82) is 0 Å². The van der Waals surface area contributed by atoms with Gasteiger partial charge in [-0.25, -0.2) is 12.8 Å². The van der Waals surface area contributed by atoms with E-state index < -0.39 is 15.8 Å². The van der Waals surface area contributed by atoms with Crippen LogP contribution >= 0.6 is 11.6 Å². The van der Waals surface area contributed by atoms with Crippen molar-refractivity contribution in [3.05, 3.63) is 64.9 Å². The van der Waals surface area contributed by atoms with Crippen molar-refractivity contribution in [2.45, 2.75) is 30.3 Å². The molecule has 2 aromatic rings. The molecule has 0 bridgehead atoms. The highest BCUT2D eigenvalue weighted by Gasteiger charge is 2.29. The third-order valence-corrected chi connectivity index (χ3v) is 6.04. The van der Waals surface area contributed by atoms with Gasteiger partial charge in [0, 0.05) is 17.6 Å². The molecule has 1 fully saturated rings. The first-order valence-electron chi connectivity index (χ1n) is 8.14. The van der Waals surface area contributed by atoms with Gasteiger partial charge >= 0.3 is 0 Å². The van der Waals surface area contributed by atoms with Crippen molar-refractivity contribution in [3.8, 4) is 0 Å². The van der Waals surface area contributed by atoms with Gasteiger partial charge < -0.3 is 5.32 Å². The second-order valence-corrected chi connectivity index (χ2v) is 8.57. The third kappa shape index (κ3) is 4.81. The second kappa shape index (κ2) is 7.73. The predicted octanol–water partition coefficient (Wildman–Crippen LogP) is 2.95. The van der Waals surface area contributed by atoms with Crippen LogP contribution in [-0.4, -0.2) is 31.2 Å². The van der Waals surface area contributed by atoms with Crippen molar-refractivity contribution < 1.29 is 17.6 Å². The summed E-state index contributed by atoms with van der Waals surface area (Å²) in [5, 5.41) is 3.20. The Bertz CT molecular complexity index is 882. The molecule has 1 aliphatic rings. The van der Waals surface area contributed by atoms with E-state index in [1.54, 1.807) is 0 Å². The first-order valence-corrected chi connectivity index (χ1v) is 9.96. The van der Waals surface area contributed by atoms with E-state index in [2.05, 4.69) is 5.32 Å². The fourth-order valence-electron chi connectivity index (χ4n) is 2.44. The topological polar surface area (TPSA) is 66.5 Å². The SMILES string of the molecule is O=C(CN(Cc1ccc(F)cc1)S(=O)(=O)c1ccc(Cl)cc1)NC1CC1. The standard InChI is InChI=1S/C18H18ClFN2O3S/c19-14-3-9-17(10-4-14)26(24,25)22(12-18(23)21-16-7-8-16)11-13-1-5-15(20)6-2-13/h1-6,9-10,16H,7-8,11-12H2,(H,21,23). The molecule has 0 saturated heterocycles. The minimum Gasteiger partial charge on any atom is -0.352 e. The molecule has 0 spiro atoms. The molecule has 26 heavy (non-hydrogen) atoms. The minimum absolute atomic E-state index is 0.0384. The number of amides is 1. The predicted molar refractivity (Wildman–Crippen MR) is 96.6 cm³/mol. The Balaban J connectivity index is 1.85. The van der Waals surface area contributed by atoms with Crippen molar-refractivity contribution in [1.82, 2.24) is 9.62 Å². The van der Waals surface area contributed by atoms with Crippen LogP contribution in [0.3, 0.4) is 0 Å². The Kier molecular flexibility index (Phi) is 5.60. The summed E-state index contributed by atoms with van der Waals surface area (Å²) in [6.07, 6.45) is 1.82. The third-order valence-electron chi connectivity index (χ3n) is 3.99. The highest BCUT2D eigenvalue weighted by atomic mass is 35.5. The molecule has 1 N–H and O–H groups in total. The van der Waals surface area contributed by atoms with Gasteiger partial charge in [0.2, 0.25) is 15.9 Å². The molecular formula is C18H18ClFN2O3S. The number of nitrogens with one attached hydrogen (secondary N) is 1. The molecule has 138 valence electrons. The maximum Gasteiger partial charge on any atom is 0.243 e. The number of hydrogen-bond donors (Lipinski definition) is 1. The van der Waals surface area contributed by atoms with Crippen molar-refractivity contribution in [3.63, 3.8) is 0 Å². The van der Waals surface area contributed by atoms with Crippen LogP contribution in [0.1, 0.15) is 18.4 Å². The molecule has 1 saturated carbocycles. The van der Waals surface area contributed by atoms with Crippen LogP contribution in [-0.2, 0) is 21.4 Å². The Labute approximate surface area is 156 Å². The van der Waals surface area contributed by atoms with E-state index >= 15 is 0 Å². The second-order valence-electron chi connectivity index (χ2n) is 6.20. The molecule has 0 heterocycles. The first kappa shape index (κ1) is 18.8. The average molecular weight is 397 g/mol. The normalized spacial score (nSPS) is 14.4. The van der Waals surface area contributed by atoms with E-state index in [4.69, 9.17) is 11.6 Å². The molecular weight excluding hydrogens is 379 g/mol. The summed E-state index contributed by atoms with van der Waals surface area (Å²) in [5.74, 6) is -0.764. The monoisotopic (exact) mass is 396 g/mol. The molecule has 0 radical (unpaired) electrons. The van der Waals surface area contributed by atoms with E-state index in [0.29, 0.717) is 10.6 Å².